The molecule has 0 saturated carbocycles. The molecule has 0 spiro atoms. The minimum absolute atomic E-state index is 0.00488. The fourth-order valence-corrected chi connectivity index (χ4v) is 1.93. The minimum Gasteiger partial charge on any atom is -0.489 e. The molecule has 0 unspecified atom stereocenters. The van der Waals surface area contributed by atoms with Crippen LogP contribution in [0.4, 0.5) is 0 Å². The number of carboxylic acid groups (broad SMARTS) is 1. The molecule has 0 fully saturated rings. The average Bonchev–Trinajstić information content (AvgIpc) is 2.37. The summed E-state index contributed by atoms with van der Waals surface area (Å²) in [6, 6.07) is 14.5. The van der Waals surface area contributed by atoms with Crippen LogP contribution in [0.1, 0.15) is 11.1 Å². The van der Waals surface area contributed by atoms with E-state index in [0.29, 0.717) is 17.4 Å². The van der Waals surface area contributed by atoms with E-state index in [1.807, 2.05) is 24.3 Å². The Labute approximate surface area is 116 Å². The maximum absolute atomic E-state index is 10.8. The molecular formula is C15H13ClO3. The lowest BCUT2D eigenvalue weighted by Gasteiger charge is -2.10. The van der Waals surface area contributed by atoms with E-state index in [9.17, 15) is 4.79 Å². The summed E-state index contributed by atoms with van der Waals surface area (Å²) in [7, 11) is 0. The number of hydrogen-bond acceptors (Lipinski definition) is 2. The van der Waals surface area contributed by atoms with E-state index in [4.69, 9.17) is 21.4 Å². The van der Waals surface area contributed by atoms with Crippen LogP contribution in [0.5, 0.6) is 5.75 Å². The zero-order chi connectivity index (χ0) is 13.7. The Bertz CT molecular complexity index is 581. The van der Waals surface area contributed by atoms with Gasteiger partial charge in [0.2, 0.25) is 0 Å². The normalized spacial score (nSPS) is 10.2. The van der Waals surface area contributed by atoms with Crippen LogP contribution in [0.3, 0.4) is 0 Å². The van der Waals surface area contributed by atoms with Gasteiger partial charge in [-0.25, -0.2) is 0 Å². The third-order valence-corrected chi connectivity index (χ3v) is 2.89. The molecule has 0 aliphatic rings. The Morgan fingerprint density at radius 2 is 1.84 bits per heavy atom. The van der Waals surface area contributed by atoms with Crippen LogP contribution in [0.2, 0.25) is 5.02 Å². The Morgan fingerprint density at radius 3 is 2.53 bits per heavy atom. The van der Waals surface area contributed by atoms with Crippen LogP contribution in [0.25, 0.3) is 0 Å². The van der Waals surface area contributed by atoms with E-state index in [1.165, 1.54) is 0 Å². The molecule has 0 aromatic heterocycles. The first-order chi connectivity index (χ1) is 9.15. The zero-order valence-corrected chi connectivity index (χ0v) is 10.9. The Hall–Kier alpha value is -2.00. The number of hydrogen-bond donors (Lipinski definition) is 1. The Balaban J connectivity index is 2.09. The van der Waals surface area contributed by atoms with Gasteiger partial charge in [0.15, 0.2) is 0 Å². The number of carboxylic acids is 1. The fourth-order valence-electron chi connectivity index (χ4n) is 1.75. The highest BCUT2D eigenvalue weighted by Crippen LogP contribution is 2.19. The third kappa shape index (κ3) is 4.00. The summed E-state index contributed by atoms with van der Waals surface area (Å²) in [5.74, 6) is -0.187. The van der Waals surface area contributed by atoms with Gasteiger partial charge >= 0.3 is 5.97 Å². The molecule has 0 radical (unpaired) electrons. The van der Waals surface area contributed by atoms with Crippen LogP contribution < -0.4 is 4.74 Å². The molecule has 98 valence electrons. The fraction of sp³-hybridized carbons (Fsp3) is 0.133. The predicted molar refractivity (Wildman–Crippen MR) is 73.6 cm³/mol. The first kappa shape index (κ1) is 13.4. The molecule has 0 aliphatic carbocycles. The van der Waals surface area contributed by atoms with Gasteiger partial charge in [-0.2, -0.15) is 0 Å². The molecule has 0 saturated heterocycles. The molecule has 0 heterocycles. The number of carbonyl (C=O) groups is 1. The second-order valence-corrected chi connectivity index (χ2v) is 4.52. The Morgan fingerprint density at radius 1 is 1.11 bits per heavy atom. The van der Waals surface area contributed by atoms with Crippen molar-refractivity contribution in [1.29, 1.82) is 0 Å². The average molecular weight is 277 g/mol. The summed E-state index contributed by atoms with van der Waals surface area (Å²) in [6.45, 7) is 0.323. The maximum atomic E-state index is 10.8. The van der Waals surface area contributed by atoms with Gasteiger partial charge in [0.1, 0.15) is 12.4 Å². The number of aliphatic carboxylic acids is 1. The van der Waals surface area contributed by atoms with Gasteiger partial charge in [0.05, 0.1) is 6.42 Å². The third-order valence-electron chi connectivity index (χ3n) is 2.65. The van der Waals surface area contributed by atoms with E-state index in [2.05, 4.69) is 0 Å². The summed E-state index contributed by atoms with van der Waals surface area (Å²) >= 11 is 5.87. The molecule has 2 rings (SSSR count). The van der Waals surface area contributed by atoms with Crippen molar-refractivity contribution in [3.8, 4) is 5.75 Å². The highest BCUT2D eigenvalue weighted by atomic mass is 35.5. The van der Waals surface area contributed by atoms with E-state index in [1.54, 1.807) is 24.3 Å². The first-order valence-electron chi connectivity index (χ1n) is 5.82. The largest absolute Gasteiger partial charge is 0.489 e. The first-order valence-corrected chi connectivity index (χ1v) is 6.20. The summed E-state index contributed by atoms with van der Waals surface area (Å²) < 4.78 is 5.62. The van der Waals surface area contributed by atoms with Crippen molar-refractivity contribution in [3.63, 3.8) is 0 Å². The summed E-state index contributed by atoms with van der Waals surface area (Å²) in [5.41, 5.74) is 1.63. The molecular weight excluding hydrogens is 264 g/mol. The lowest BCUT2D eigenvalue weighted by Crippen LogP contribution is -2.05. The van der Waals surface area contributed by atoms with E-state index in [0.717, 1.165) is 11.1 Å². The molecule has 2 aromatic carbocycles. The number of halogens is 1. The summed E-state index contributed by atoms with van der Waals surface area (Å²) in [5, 5.41) is 9.46. The Kier molecular flexibility index (Phi) is 4.42. The molecule has 0 aliphatic heterocycles. The SMILES string of the molecule is O=C(O)Cc1ccccc1COc1cccc(Cl)c1. The molecule has 19 heavy (non-hydrogen) atoms. The van der Waals surface area contributed by atoms with Crippen molar-refractivity contribution in [2.24, 2.45) is 0 Å². The van der Waals surface area contributed by atoms with Crippen molar-refractivity contribution in [2.45, 2.75) is 13.0 Å². The van der Waals surface area contributed by atoms with Crippen molar-refractivity contribution < 1.29 is 14.6 Å². The number of ether oxygens (including phenoxy) is 1. The highest BCUT2D eigenvalue weighted by molar-refractivity contribution is 6.30. The quantitative estimate of drug-likeness (QED) is 0.908. The molecule has 4 heteroatoms. The van der Waals surface area contributed by atoms with E-state index >= 15 is 0 Å². The zero-order valence-electron chi connectivity index (χ0n) is 10.2. The monoisotopic (exact) mass is 276 g/mol. The van der Waals surface area contributed by atoms with Gasteiger partial charge in [0.25, 0.3) is 0 Å². The molecule has 1 N–H and O–H groups in total. The van der Waals surface area contributed by atoms with Crippen molar-refractivity contribution in [2.75, 3.05) is 0 Å². The molecule has 3 nitrogen and oxygen atoms in total. The summed E-state index contributed by atoms with van der Waals surface area (Å²) in [6.07, 6.45) is -0.00488. The minimum atomic E-state index is -0.852. The number of rotatable bonds is 5. The van der Waals surface area contributed by atoms with Crippen molar-refractivity contribution >= 4 is 17.6 Å². The van der Waals surface area contributed by atoms with Crippen molar-refractivity contribution in [3.05, 3.63) is 64.7 Å². The lowest BCUT2D eigenvalue weighted by molar-refractivity contribution is -0.136. The van der Waals surface area contributed by atoms with Crippen LogP contribution in [-0.4, -0.2) is 11.1 Å². The van der Waals surface area contributed by atoms with E-state index in [-0.39, 0.29) is 6.42 Å². The molecule has 2 aromatic rings. The van der Waals surface area contributed by atoms with Crippen LogP contribution in [0, 0.1) is 0 Å². The van der Waals surface area contributed by atoms with Crippen LogP contribution in [0.15, 0.2) is 48.5 Å². The second kappa shape index (κ2) is 6.25. The van der Waals surface area contributed by atoms with Crippen molar-refractivity contribution in [1.82, 2.24) is 0 Å². The van der Waals surface area contributed by atoms with Crippen LogP contribution in [-0.2, 0) is 17.8 Å². The second-order valence-electron chi connectivity index (χ2n) is 4.09. The van der Waals surface area contributed by atoms with Gasteiger partial charge in [-0.3, -0.25) is 4.79 Å². The van der Waals surface area contributed by atoms with Gasteiger partial charge < -0.3 is 9.84 Å². The number of benzene rings is 2. The maximum Gasteiger partial charge on any atom is 0.307 e. The van der Waals surface area contributed by atoms with Gasteiger partial charge in [-0.15, -0.1) is 0 Å². The van der Waals surface area contributed by atoms with Gasteiger partial charge in [-0.1, -0.05) is 41.9 Å². The standard InChI is InChI=1S/C15H13ClO3/c16-13-6-3-7-14(9-13)19-10-12-5-2-1-4-11(12)8-15(17)18/h1-7,9H,8,10H2,(H,17,18). The molecule has 0 bridgehead atoms. The lowest BCUT2D eigenvalue weighted by atomic mass is 10.1. The topological polar surface area (TPSA) is 46.5 Å². The van der Waals surface area contributed by atoms with Gasteiger partial charge in [0, 0.05) is 5.02 Å². The van der Waals surface area contributed by atoms with E-state index < -0.39 is 5.97 Å². The summed E-state index contributed by atoms with van der Waals surface area (Å²) in [4.78, 5) is 10.8. The molecule has 0 atom stereocenters. The molecule has 0 amide bonds. The smallest absolute Gasteiger partial charge is 0.307 e. The van der Waals surface area contributed by atoms with Gasteiger partial charge in [-0.05, 0) is 29.3 Å². The predicted octanol–water partition coefficient (Wildman–Crippen LogP) is 3.55. The van der Waals surface area contributed by atoms with Crippen LogP contribution >= 0.6 is 11.6 Å². The highest BCUT2D eigenvalue weighted by Gasteiger charge is 2.06.